The molecule has 27 heavy (non-hydrogen) atoms. The molecule has 1 atom stereocenters. The van der Waals surface area contributed by atoms with Crippen molar-refractivity contribution in [2.24, 2.45) is 5.92 Å². The Balaban J connectivity index is 1.30. The number of nitrogens with zero attached hydrogens (tertiary/aromatic N) is 3. The second-order valence-corrected chi connectivity index (χ2v) is 6.94. The molecular weight excluding hydrogens is 348 g/mol. The van der Waals surface area contributed by atoms with Gasteiger partial charge in [0.2, 0.25) is 17.7 Å². The molecule has 4 rings (SSSR count). The molecule has 1 saturated carbocycles. The molecule has 1 aliphatic carbocycles. The Labute approximate surface area is 156 Å². The van der Waals surface area contributed by atoms with Crippen LogP contribution in [0.15, 0.2) is 28.8 Å². The summed E-state index contributed by atoms with van der Waals surface area (Å²) >= 11 is 0. The van der Waals surface area contributed by atoms with E-state index in [1.165, 1.54) is 0 Å². The average molecular weight is 370 g/mol. The van der Waals surface area contributed by atoms with Crippen LogP contribution in [0.3, 0.4) is 0 Å². The molecular formula is C19H22N4O4. The molecule has 0 bridgehead atoms. The molecule has 2 aliphatic rings. The molecule has 1 aliphatic heterocycles. The Morgan fingerprint density at radius 3 is 2.96 bits per heavy atom. The summed E-state index contributed by atoms with van der Waals surface area (Å²) in [5.41, 5.74) is 0.693. The molecule has 2 heterocycles. The third kappa shape index (κ3) is 3.79. The number of hydrogen-bond acceptors (Lipinski definition) is 6. The second-order valence-electron chi connectivity index (χ2n) is 6.94. The zero-order chi connectivity index (χ0) is 18.8. The SMILES string of the molecule is COc1ccccc1N1C[C@H](C(=O)NCCc2nc(C3CC3)no2)CC1=O. The summed E-state index contributed by atoms with van der Waals surface area (Å²) in [6.07, 6.45) is 2.92. The fraction of sp³-hybridized carbons (Fsp3) is 0.474. The number of aromatic nitrogens is 2. The van der Waals surface area contributed by atoms with Gasteiger partial charge in [0.1, 0.15) is 5.75 Å². The molecule has 0 unspecified atom stereocenters. The van der Waals surface area contributed by atoms with Crippen molar-refractivity contribution < 1.29 is 18.8 Å². The molecule has 1 aromatic carbocycles. The Bertz CT molecular complexity index is 846. The smallest absolute Gasteiger partial charge is 0.228 e. The normalized spacial score (nSPS) is 19.4. The van der Waals surface area contributed by atoms with Crippen LogP contribution in [0, 0.1) is 5.92 Å². The number of anilines is 1. The highest BCUT2D eigenvalue weighted by atomic mass is 16.5. The van der Waals surface area contributed by atoms with E-state index in [-0.39, 0.29) is 24.2 Å². The number of amides is 2. The lowest BCUT2D eigenvalue weighted by molar-refractivity contribution is -0.126. The van der Waals surface area contributed by atoms with Gasteiger partial charge in [0, 0.05) is 31.8 Å². The van der Waals surface area contributed by atoms with Crippen LogP contribution in [-0.4, -0.2) is 42.2 Å². The second kappa shape index (κ2) is 7.38. The van der Waals surface area contributed by atoms with Crippen molar-refractivity contribution in [1.82, 2.24) is 15.5 Å². The zero-order valence-corrected chi connectivity index (χ0v) is 15.2. The number of methoxy groups -OCH3 is 1. The molecule has 8 heteroatoms. The first-order chi connectivity index (χ1) is 13.2. The van der Waals surface area contributed by atoms with Crippen molar-refractivity contribution in [3.8, 4) is 5.75 Å². The van der Waals surface area contributed by atoms with Crippen LogP contribution < -0.4 is 15.0 Å². The fourth-order valence-electron chi connectivity index (χ4n) is 3.28. The van der Waals surface area contributed by atoms with Gasteiger partial charge in [-0.2, -0.15) is 4.98 Å². The third-order valence-electron chi connectivity index (χ3n) is 4.94. The van der Waals surface area contributed by atoms with Gasteiger partial charge in [-0.3, -0.25) is 9.59 Å². The highest BCUT2D eigenvalue weighted by molar-refractivity contribution is 6.01. The van der Waals surface area contributed by atoms with Crippen LogP contribution in [0.1, 0.15) is 36.9 Å². The first kappa shape index (κ1) is 17.5. The minimum Gasteiger partial charge on any atom is -0.495 e. The predicted octanol–water partition coefficient (Wildman–Crippen LogP) is 1.67. The zero-order valence-electron chi connectivity index (χ0n) is 15.2. The van der Waals surface area contributed by atoms with Gasteiger partial charge in [-0.1, -0.05) is 17.3 Å². The number of hydrogen-bond donors (Lipinski definition) is 1. The molecule has 1 N–H and O–H groups in total. The van der Waals surface area contributed by atoms with Gasteiger partial charge in [-0.25, -0.2) is 0 Å². The number of para-hydroxylation sites is 2. The lowest BCUT2D eigenvalue weighted by Crippen LogP contribution is -2.34. The molecule has 2 aromatic rings. The minimum atomic E-state index is -0.382. The molecule has 0 spiro atoms. The summed E-state index contributed by atoms with van der Waals surface area (Å²) < 4.78 is 10.5. The number of ether oxygens (including phenoxy) is 1. The summed E-state index contributed by atoms with van der Waals surface area (Å²) in [4.78, 5) is 30.8. The predicted molar refractivity (Wildman–Crippen MR) is 96.4 cm³/mol. The van der Waals surface area contributed by atoms with Crippen LogP contribution in [0.4, 0.5) is 5.69 Å². The molecule has 2 fully saturated rings. The largest absolute Gasteiger partial charge is 0.495 e. The topological polar surface area (TPSA) is 97.6 Å². The van der Waals surface area contributed by atoms with Crippen LogP contribution in [0.25, 0.3) is 0 Å². The van der Waals surface area contributed by atoms with E-state index in [0.717, 1.165) is 18.7 Å². The lowest BCUT2D eigenvalue weighted by Gasteiger charge is -2.19. The Morgan fingerprint density at radius 2 is 2.19 bits per heavy atom. The van der Waals surface area contributed by atoms with E-state index in [1.807, 2.05) is 18.2 Å². The van der Waals surface area contributed by atoms with Gasteiger partial charge in [-0.05, 0) is 25.0 Å². The third-order valence-corrected chi connectivity index (χ3v) is 4.94. The maximum Gasteiger partial charge on any atom is 0.228 e. The van der Waals surface area contributed by atoms with E-state index in [9.17, 15) is 9.59 Å². The molecule has 1 aromatic heterocycles. The Hall–Kier alpha value is -2.90. The van der Waals surface area contributed by atoms with Crippen molar-refractivity contribution in [2.45, 2.75) is 31.6 Å². The van der Waals surface area contributed by atoms with Gasteiger partial charge in [0.15, 0.2) is 5.82 Å². The molecule has 142 valence electrons. The van der Waals surface area contributed by atoms with Crippen LogP contribution in [-0.2, 0) is 16.0 Å². The van der Waals surface area contributed by atoms with E-state index in [2.05, 4.69) is 15.5 Å². The van der Waals surface area contributed by atoms with E-state index in [4.69, 9.17) is 9.26 Å². The molecule has 8 nitrogen and oxygen atoms in total. The highest BCUT2D eigenvalue weighted by Gasteiger charge is 2.36. The van der Waals surface area contributed by atoms with Crippen molar-refractivity contribution in [3.63, 3.8) is 0 Å². The van der Waals surface area contributed by atoms with E-state index in [0.29, 0.717) is 42.8 Å². The molecule has 2 amide bonds. The first-order valence-electron chi connectivity index (χ1n) is 9.19. The number of nitrogens with one attached hydrogen (secondary N) is 1. The quantitative estimate of drug-likeness (QED) is 0.796. The van der Waals surface area contributed by atoms with E-state index < -0.39 is 0 Å². The van der Waals surface area contributed by atoms with Crippen LogP contribution >= 0.6 is 0 Å². The van der Waals surface area contributed by atoms with Gasteiger partial charge in [-0.15, -0.1) is 0 Å². The van der Waals surface area contributed by atoms with E-state index in [1.54, 1.807) is 18.1 Å². The van der Waals surface area contributed by atoms with E-state index >= 15 is 0 Å². The van der Waals surface area contributed by atoms with Crippen LogP contribution in [0.2, 0.25) is 0 Å². The summed E-state index contributed by atoms with van der Waals surface area (Å²) in [6.45, 7) is 0.752. The Kier molecular flexibility index (Phi) is 4.79. The fourth-order valence-corrected chi connectivity index (χ4v) is 3.28. The van der Waals surface area contributed by atoms with Gasteiger partial charge in [0.05, 0.1) is 18.7 Å². The number of benzene rings is 1. The standard InChI is InChI=1S/C19H22N4O4/c1-26-15-5-3-2-4-14(15)23-11-13(10-17(23)24)19(25)20-9-8-16-21-18(22-27-16)12-6-7-12/h2-5,12-13H,6-11H2,1H3,(H,20,25)/t13-/m1/s1. The summed E-state index contributed by atoms with van der Waals surface area (Å²) in [5.74, 6) is 1.78. The van der Waals surface area contributed by atoms with Crippen molar-refractivity contribution in [1.29, 1.82) is 0 Å². The minimum absolute atomic E-state index is 0.0781. The maximum atomic E-state index is 12.4. The van der Waals surface area contributed by atoms with Gasteiger partial charge >= 0.3 is 0 Å². The number of rotatable bonds is 7. The average Bonchev–Trinajstić information content (AvgIpc) is 3.30. The molecule has 1 saturated heterocycles. The Morgan fingerprint density at radius 1 is 1.37 bits per heavy atom. The summed E-state index contributed by atoms with van der Waals surface area (Å²) in [7, 11) is 1.57. The first-order valence-corrected chi connectivity index (χ1v) is 9.19. The summed E-state index contributed by atoms with van der Waals surface area (Å²) in [6, 6.07) is 7.32. The monoisotopic (exact) mass is 370 g/mol. The van der Waals surface area contributed by atoms with Gasteiger partial charge in [0.25, 0.3) is 0 Å². The van der Waals surface area contributed by atoms with Gasteiger partial charge < -0.3 is 19.5 Å². The van der Waals surface area contributed by atoms with Crippen molar-refractivity contribution in [3.05, 3.63) is 36.0 Å². The van der Waals surface area contributed by atoms with Crippen molar-refractivity contribution in [2.75, 3.05) is 25.1 Å². The molecule has 0 radical (unpaired) electrons. The van der Waals surface area contributed by atoms with Crippen molar-refractivity contribution >= 4 is 17.5 Å². The highest BCUT2D eigenvalue weighted by Crippen LogP contribution is 2.38. The summed E-state index contributed by atoms with van der Waals surface area (Å²) in [5, 5.41) is 6.83. The number of carbonyl (C=O) groups excluding carboxylic acids is 2. The maximum absolute atomic E-state index is 12.4. The van der Waals surface area contributed by atoms with Crippen LogP contribution in [0.5, 0.6) is 5.75 Å². The number of carbonyl (C=O) groups is 2. The lowest BCUT2D eigenvalue weighted by atomic mass is 10.1.